The highest BCUT2D eigenvalue weighted by atomic mass is 35.5. The molecule has 0 bridgehead atoms. The number of nitrogens with zero attached hydrogens (tertiary/aromatic N) is 3. The van der Waals surface area contributed by atoms with Crippen LogP contribution in [0.25, 0.3) is 11.1 Å². The number of likely N-dealkylation sites (N-methyl/N-ethyl adjacent to an activating group) is 1. The molecule has 0 spiro atoms. The first-order valence-electron chi connectivity index (χ1n) is 10.8. The van der Waals surface area contributed by atoms with E-state index in [9.17, 15) is 9.18 Å². The summed E-state index contributed by atoms with van der Waals surface area (Å²) in [6, 6.07) is 14.9. The third kappa shape index (κ3) is 4.84. The predicted molar refractivity (Wildman–Crippen MR) is 126 cm³/mol. The lowest BCUT2D eigenvalue weighted by molar-refractivity contribution is 0.0713. The third-order valence-electron chi connectivity index (χ3n) is 6.08. The van der Waals surface area contributed by atoms with Crippen molar-refractivity contribution in [2.45, 2.75) is 31.8 Å². The van der Waals surface area contributed by atoms with Crippen LogP contribution in [0, 0.1) is 5.82 Å². The number of aromatic nitrogens is 1. The molecular formula is C26H27ClFN3O. The van der Waals surface area contributed by atoms with Crippen LogP contribution >= 0.6 is 11.6 Å². The van der Waals surface area contributed by atoms with Crippen molar-refractivity contribution in [3.8, 4) is 11.1 Å². The van der Waals surface area contributed by atoms with E-state index in [-0.39, 0.29) is 17.0 Å². The Hall–Kier alpha value is -2.76. The maximum atomic E-state index is 13.4. The molecule has 1 amide bonds. The zero-order valence-corrected chi connectivity index (χ0v) is 19.4. The number of fused-ring (bicyclic) bond motifs is 1. The summed E-state index contributed by atoms with van der Waals surface area (Å²) in [5, 5.41) is 0.0637. The zero-order chi connectivity index (χ0) is 22.8. The van der Waals surface area contributed by atoms with E-state index in [0.717, 1.165) is 36.9 Å². The first-order valence-corrected chi connectivity index (χ1v) is 11.1. The molecule has 0 saturated heterocycles. The van der Waals surface area contributed by atoms with Gasteiger partial charge in [-0.3, -0.25) is 9.78 Å². The normalized spacial score (nSPS) is 15.5. The standard InChI is InChI=1S/C26H27ClFN3O/c1-30(2)16-17-4-5-19-13-22(9-6-18(19)12-17)31(3)26(32)25-11-8-21(15-29-25)20-7-10-24(28)23(27)14-20/h4-5,7-8,10-12,14-15,22H,6,9,13,16H2,1-3H3. The third-order valence-corrected chi connectivity index (χ3v) is 6.37. The van der Waals surface area contributed by atoms with Gasteiger partial charge >= 0.3 is 0 Å². The van der Waals surface area contributed by atoms with Crippen molar-refractivity contribution in [3.63, 3.8) is 0 Å². The lowest BCUT2D eigenvalue weighted by Crippen LogP contribution is -2.41. The number of hydrogen-bond acceptors (Lipinski definition) is 3. The predicted octanol–water partition coefficient (Wildman–Crippen LogP) is 5.23. The van der Waals surface area contributed by atoms with Gasteiger partial charge in [0.1, 0.15) is 11.5 Å². The minimum atomic E-state index is -0.459. The van der Waals surface area contributed by atoms with E-state index < -0.39 is 5.82 Å². The molecule has 4 rings (SSSR count). The molecule has 0 saturated carbocycles. The summed E-state index contributed by atoms with van der Waals surface area (Å²) in [6.07, 6.45) is 4.39. The molecule has 32 heavy (non-hydrogen) atoms. The second kappa shape index (κ2) is 9.39. The van der Waals surface area contributed by atoms with Crippen molar-refractivity contribution in [1.29, 1.82) is 0 Å². The molecule has 0 aliphatic heterocycles. The topological polar surface area (TPSA) is 36.4 Å². The summed E-state index contributed by atoms with van der Waals surface area (Å²) >= 11 is 5.88. The van der Waals surface area contributed by atoms with E-state index in [2.05, 4.69) is 42.2 Å². The number of pyridine rings is 1. The first kappa shape index (κ1) is 22.4. The molecule has 166 valence electrons. The van der Waals surface area contributed by atoms with Crippen molar-refractivity contribution in [2.24, 2.45) is 0 Å². The van der Waals surface area contributed by atoms with Gasteiger partial charge in [-0.2, -0.15) is 0 Å². The van der Waals surface area contributed by atoms with Gasteiger partial charge in [-0.05, 0) is 73.8 Å². The minimum Gasteiger partial charge on any atom is -0.337 e. The lowest BCUT2D eigenvalue weighted by Gasteiger charge is -2.32. The van der Waals surface area contributed by atoms with E-state index in [1.165, 1.54) is 22.8 Å². The molecule has 1 heterocycles. The van der Waals surface area contributed by atoms with Crippen LogP contribution in [0.4, 0.5) is 4.39 Å². The van der Waals surface area contributed by atoms with Gasteiger partial charge in [-0.15, -0.1) is 0 Å². The van der Waals surface area contributed by atoms with Crippen molar-refractivity contribution < 1.29 is 9.18 Å². The van der Waals surface area contributed by atoms with Crippen molar-refractivity contribution >= 4 is 17.5 Å². The lowest BCUT2D eigenvalue weighted by atomic mass is 9.86. The molecule has 0 radical (unpaired) electrons. The van der Waals surface area contributed by atoms with E-state index >= 15 is 0 Å². The molecule has 1 unspecified atom stereocenters. The van der Waals surface area contributed by atoms with Gasteiger partial charge in [0.05, 0.1) is 5.02 Å². The van der Waals surface area contributed by atoms with E-state index in [0.29, 0.717) is 5.69 Å². The highest BCUT2D eigenvalue weighted by Crippen LogP contribution is 2.27. The number of aryl methyl sites for hydroxylation is 1. The number of carbonyl (C=O) groups is 1. The monoisotopic (exact) mass is 451 g/mol. The van der Waals surface area contributed by atoms with Crippen LogP contribution in [0.2, 0.25) is 5.02 Å². The Morgan fingerprint density at radius 2 is 1.84 bits per heavy atom. The number of halogens is 2. The first-order chi connectivity index (χ1) is 15.3. The van der Waals surface area contributed by atoms with Crippen LogP contribution in [0.15, 0.2) is 54.7 Å². The Labute approximate surface area is 193 Å². The fourth-order valence-electron chi connectivity index (χ4n) is 4.30. The average Bonchev–Trinajstić information content (AvgIpc) is 2.79. The largest absolute Gasteiger partial charge is 0.337 e. The Morgan fingerprint density at radius 3 is 2.53 bits per heavy atom. The highest BCUT2D eigenvalue weighted by molar-refractivity contribution is 6.31. The average molecular weight is 452 g/mol. The number of benzene rings is 2. The SMILES string of the molecule is CN(C)Cc1ccc2c(c1)CCC(N(C)C(=O)c1ccc(-c3ccc(F)c(Cl)c3)cn1)C2. The summed E-state index contributed by atoms with van der Waals surface area (Å²) in [5.41, 5.74) is 5.97. The Bertz CT molecular complexity index is 1130. The van der Waals surface area contributed by atoms with Gasteiger partial charge < -0.3 is 9.80 Å². The number of carbonyl (C=O) groups excluding carboxylic acids is 1. The fraction of sp³-hybridized carbons (Fsp3) is 0.308. The summed E-state index contributed by atoms with van der Waals surface area (Å²) in [5.74, 6) is -0.550. The zero-order valence-electron chi connectivity index (χ0n) is 18.6. The van der Waals surface area contributed by atoms with E-state index in [1.54, 1.807) is 24.4 Å². The Kier molecular flexibility index (Phi) is 6.58. The van der Waals surface area contributed by atoms with Gasteiger partial charge in [0, 0.05) is 31.4 Å². The Morgan fingerprint density at radius 1 is 1.06 bits per heavy atom. The van der Waals surface area contributed by atoms with E-state index in [1.807, 2.05) is 18.0 Å². The fourth-order valence-corrected chi connectivity index (χ4v) is 4.48. The molecule has 3 aromatic rings. The molecule has 0 N–H and O–H groups in total. The van der Waals surface area contributed by atoms with Gasteiger partial charge in [-0.1, -0.05) is 41.9 Å². The molecule has 2 aromatic carbocycles. The molecule has 0 fully saturated rings. The van der Waals surface area contributed by atoms with Crippen LogP contribution in [0.1, 0.15) is 33.6 Å². The van der Waals surface area contributed by atoms with Gasteiger partial charge in [0.25, 0.3) is 5.91 Å². The molecule has 1 aliphatic rings. The summed E-state index contributed by atoms with van der Waals surface area (Å²) < 4.78 is 13.4. The van der Waals surface area contributed by atoms with Gasteiger partial charge in [-0.25, -0.2) is 4.39 Å². The van der Waals surface area contributed by atoms with E-state index in [4.69, 9.17) is 11.6 Å². The Balaban J connectivity index is 1.45. The van der Waals surface area contributed by atoms with Crippen LogP contribution in [-0.2, 0) is 19.4 Å². The second-order valence-corrected chi connectivity index (χ2v) is 9.12. The number of hydrogen-bond donors (Lipinski definition) is 0. The summed E-state index contributed by atoms with van der Waals surface area (Å²) in [4.78, 5) is 21.4. The smallest absolute Gasteiger partial charge is 0.272 e. The minimum absolute atomic E-state index is 0.0637. The quantitative estimate of drug-likeness (QED) is 0.532. The number of rotatable bonds is 5. The molecular weight excluding hydrogens is 425 g/mol. The molecule has 1 aliphatic carbocycles. The van der Waals surface area contributed by atoms with Gasteiger partial charge in [0.15, 0.2) is 0 Å². The molecule has 6 heteroatoms. The summed E-state index contributed by atoms with van der Waals surface area (Å²) in [7, 11) is 6.00. The molecule has 1 aromatic heterocycles. The second-order valence-electron chi connectivity index (χ2n) is 8.71. The maximum Gasteiger partial charge on any atom is 0.272 e. The maximum absolute atomic E-state index is 13.4. The van der Waals surface area contributed by atoms with Crippen molar-refractivity contribution in [3.05, 3.63) is 88.0 Å². The van der Waals surface area contributed by atoms with Crippen molar-refractivity contribution in [2.75, 3.05) is 21.1 Å². The van der Waals surface area contributed by atoms with Crippen LogP contribution in [0.3, 0.4) is 0 Å². The molecule has 4 nitrogen and oxygen atoms in total. The molecule has 1 atom stereocenters. The van der Waals surface area contributed by atoms with Crippen molar-refractivity contribution in [1.82, 2.24) is 14.8 Å². The van der Waals surface area contributed by atoms with Crippen LogP contribution in [0.5, 0.6) is 0 Å². The highest BCUT2D eigenvalue weighted by Gasteiger charge is 2.26. The summed E-state index contributed by atoms with van der Waals surface area (Å²) in [6.45, 7) is 0.931. The van der Waals surface area contributed by atoms with Gasteiger partial charge in [0.2, 0.25) is 0 Å². The number of amides is 1. The van der Waals surface area contributed by atoms with Crippen LogP contribution < -0.4 is 0 Å². The van der Waals surface area contributed by atoms with Crippen LogP contribution in [-0.4, -0.2) is 47.9 Å².